The summed E-state index contributed by atoms with van der Waals surface area (Å²) in [5.74, 6) is -0.292. The van der Waals surface area contributed by atoms with Crippen molar-refractivity contribution in [2.24, 2.45) is 0 Å². The van der Waals surface area contributed by atoms with E-state index in [4.69, 9.17) is 22.1 Å². The van der Waals surface area contributed by atoms with Crippen LogP contribution in [-0.2, 0) is 6.18 Å². The van der Waals surface area contributed by atoms with Crippen molar-refractivity contribution >= 4 is 17.5 Å². The van der Waals surface area contributed by atoms with Crippen LogP contribution in [0.25, 0.3) is 11.1 Å². The van der Waals surface area contributed by atoms with E-state index in [9.17, 15) is 13.2 Å². The first-order valence-electron chi connectivity index (χ1n) is 5.00. The maximum atomic E-state index is 13.0. The molecule has 0 spiro atoms. The topological polar surface area (TPSA) is 61.3 Å². The Balaban J connectivity index is 2.73. The molecule has 1 heterocycles. The van der Waals surface area contributed by atoms with Crippen LogP contribution in [0.4, 0.5) is 19.1 Å². The quantitative estimate of drug-likeness (QED) is 0.918. The van der Waals surface area contributed by atoms with Gasteiger partial charge >= 0.3 is 6.18 Å². The predicted octanol–water partition coefficient (Wildman–Crippen LogP) is 3.60. The normalized spacial score (nSPS) is 11.6. The van der Waals surface area contributed by atoms with Gasteiger partial charge < -0.3 is 15.0 Å². The Morgan fingerprint density at radius 1 is 1.32 bits per heavy atom. The van der Waals surface area contributed by atoms with E-state index in [0.717, 1.165) is 18.3 Å². The molecular formula is C11H8ClF3N2O2. The lowest BCUT2D eigenvalue weighted by Crippen LogP contribution is -2.08. The van der Waals surface area contributed by atoms with Gasteiger partial charge in [-0.25, -0.2) is 0 Å². The Bertz CT molecular complexity index is 610. The van der Waals surface area contributed by atoms with Crippen LogP contribution in [-0.4, -0.2) is 12.3 Å². The number of benzene rings is 1. The van der Waals surface area contributed by atoms with Crippen LogP contribution in [0.2, 0.25) is 5.02 Å². The number of aromatic nitrogens is 1. The lowest BCUT2D eigenvalue weighted by molar-refractivity contribution is -0.137. The highest BCUT2D eigenvalue weighted by Gasteiger charge is 2.35. The van der Waals surface area contributed by atoms with Gasteiger partial charge in [0.2, 0.25) is 5.88 Å². The summed E-state index contributed by atoms with van der Waals surface area (Å²) in [5.41, 5.74) is 4.32. The third-order valence-electron chi connectivity index (χ3n) is 2.49. The van der Waals surface area contributed by atoms with Crippen LogP contribution in [0.1, 0.15) is 5.56 Å². The molecule has 0 fully saturated rings. The molecule has 0 saturated carbocycles. The van der Waals surface area contributed by atoms with Crippen LogP contribution in [0.15, 0.2) is 22.9 Å². The molecule has 0 aliphatic rings. The van der Waals surface area contributed by atoms with Crippen molar-refractivity contribution in [2.45, 2.75) is 6.18 Å². The fraction of sp³-hybridized carbons (Fsp3) is 0.182. The molecule has 0 bridgehead atoms. The number of hydrogen-bond acceptors (Lipinski definition) is 4. The number of nitrogen functional groups attached to an aromatic ring is 1. The second-order valence-corrected chi connectivity index (χ2v) is 4.04. The molecule has 1 aromatic heterocycles. The van der Waals surface area contributed by atoms with Crippen molar-refractivity contribution in [3.63, 3.8) is 0 Å². The molecule has 1 aromatic carbocycles. The number of ether oxygens (including phenoxy) is 1. The van der Waals surface area contributed by atoms with Crippen molar-refractivity contribution in [3.05, 3.63) is 28.9 Å². The van der Waals surface area contributed by atoms with Crippen LogP contribution in [0, 0.1) is 0 Å². The molecule has 102 valence electrons. The molecule has 19 heavy (non-hydrogen) atoms. The summed E-state index contributed by atoms with van der Waals surface area (Å²) in [5, 5.41) is 3.39. The standard InChI is InChI=1S/C11H8ClF3N2O2/c1-18-9-3-7(11(13,14)15)5(2-8(9)12)6-4-17-19-10(6)16/h2-4H,16H2,1H3. The van der Waals surface area contributed by atoms with Crippen molar-refractivity contribution in [3.8, 4) is 16.9 Å². The van der Waals surface area contributed by atoms with Gasteiger partial charge in [0.15, 0.2) is 0 Å². The molecule has 0 unspecified atom stereocenters. The van der Waals surface area contributed by atoms with E-state index in [1.807, 2.05) is 0 Å². The van der Waals surface area contributed by atoms with E-state index in [0.29, 0.717) is 0 Å². The lowest BCUT2D eigenvalue weighted by atomic mass is 10.0. The molecule has 4 nitrogen and oxygen atoms in total. The van der Waals surface area contributed by atoms with E-state index >= 15 is 0 Å². The van der Waals surface area contributed by atoms with Crippen molar-refractivity contribution < 1.29 is 22.4 Å². The molecule has 0 radical (unpaired) electrons. The van der Waals surface area contributed by atoms with E-state index in [1.165, 1.54) is 7.11 Å². The smallest absolute Gasteiger partial charge is 0.417 e. The van der Waals surface area contributed by atoms with E-state index in [-0.39, 0.29) is 27.8 Å². The summed E-state index contributed by atoms with van der Waals surface area (Å²) in [6.45, 7) is 0. The van der Waals surface area contributed by atoms with Crippen LogP contribution in [0.3, 0.4) is 0 Å². The minimum Gasteiger partial charge on any atom is -0.495 e. The number of rotatable bonds is 2. The number of nitrogens with zero attached hydrogens (tertiary/aromatic N) is 1. The van der Waals surface area contributed by atoms with Gasteiger partial charge in [-0.1, -0.05) is 16.8 Å². The van der Waals surface area contributed by atoms with Crippen LogP contribution >= 0.6 is 11.6 Å². The fourth-order valence-electron chi connectivity index (χ4n) is 1.62. The average Bonchev–Trinajstić information content (AvgIpc) is 2.73. The highest BCUT2D eigenvalue weighted by Crippen LogP contribution is 2.43. The highest BCUT2D eigenvalue weighted by molar-refractivity contribution is 6.32. The summed E-state index contributed by atoms with van der Waals surface area (Å²) in [6, 6.07) is 1.93. The van der Waals surface area contributed by atoms with Gasteiger partial charge in [-0.15, -0.1) is 0 Å². The van der Waals surface area contributed by atoms with Crippen molar-refractivity contribution in [1.82, 2.24) is 5.16 Å². The Hall–Kier alpha value is -1.89. The van der Waals surface area contributed by atoms with Gasteiger partial charge in [-0.3, -0.25) is 0 Å². The minimum atomic E-state index is -4.59. The Labute approximate surface area is 110 Å². The van der Waals surface area contributed by atoms with Crippen molar-refractivity contribution in [2.75, 3.05) is 12.8 Å². The minimum absolute atomic E-state index is 0.0249. The Kier molecular flexibility index (Phi) is 3.32. The van der Waals surface area contributed by atoms with Gasteiger partial charge in [-0.05, 0) is 12.1 Å². The lowest BCUT2D eigenvalue weighted by Gasteiger charge is -2.14. The van der Waals surface area contributed by atoms with E-state index in [1.54, 1.807) is 0 Å². The molecule has 2 N–H and O–H groups in total. The maximum absolute atomic E-state index is 13.0. The summed E-state index contributed by atoms with van der Waals surface area (Å²) in [7, 11) is 1.23. The average molecular weight is 293 g/mol. The number of anilines is 1. The first-order valence-corrected chi connectivity index (χ1v) is 5.37. The van der Waals surface area contributed by atoms with Gasteiger partial charge in [0.25, 0.3) is 0 Å². The van der Waals surface area contributed by atoms with Gasteiger partial charge in [0.05, 0.1) is 29.5 Å². The first-order chi connectivity index (χ1) is 8.84. The number of hydrogen-bond donors (Lipinski definition) is 1. The predicted molar refractivity (Wildman–Crippen MR) is 62.9 cm³/mol. The second-order valence-electron chi connectivity index (χ2n) is 3.63. The van der Waals surface area contributed by atoms with Crippen LogP contribution < -0.4 is 10.5 Å². The molecule has 0 aliphatic heterocycles. The second kappa shape index (κ2) is 4.65. The summed E-state index contributed by atoms with van der Waals surface area (Å²) < 4.78 is 48.4. The van der Waals surface area contributed by atoms with E-state index < -0.39 is 11.7 Å². The fourth-order valence-corrected chi connectivity index (χ4v) is 1.86. The zero-order chi connectivity index (χ0) is 14.2. The third kappa shape index (κ3) is 2.46. The number of alkyl halides is 3. The number of methoxy groups -OCH3 is 1. The summed E-state index contributed by atoms with van der Waals surface area (Å²) in [4.78, 5) is 0. The molecule has 0 atom stereocenters. The summed E-state index contributed by atoms with van der Waals surface area (Å²) >= 11 is 5.84. The summed E-state index contributed by atoms with van der Waals surface area (Å²) in [6.07, 6.45) is -3.49. The highest BCUT2D eigenvalue weighted by atomic mass is 35.5. The van der Waals surface area contributed by atoms with Gasteiger partial charge in [-0.2, -0.15) is 13.2 Å². The number of nitrogens with two attached hydrogens (primary N) is 1. The molecule has 0 saturated heterocycles. The molecule has 0 amide bonds. The third-order valence-corrected chi connectivity index (χ3v) is 2.78. The maximum Gasteiger partial charge on any atom is 0.417 e. The Morgan fingerprint density at radius 2 is 2.00 bits per heavy atom. The monoisotopic (exact) mass is 292 g/mol. The first kappa shape index (κ1) is 13.5. The molecule has 2 aromatic rings. The van der Waals surface area contributed by atoms with Crippen molar-refractivity contribution in [1.29, 1.82) is 0 Å². The SMILES string of the molecule is COc1cc(C(F)(F)F)c(-c2cnoc2N)cc1Cl. The zero-order valence-corrected chi connectivity index (χ0v) is 10.3. The zero-order valence-electron chi connectivity index (χ0n) is 9.58. The van der Waals surface area contributed by atoms with Crippen LogP contribution in [0.5, 0.6) is 5.75 Å². The molecule has 2 rings (SSSR count). The largest absolute Gasteiger partial charge is 0.495 e. The molecule has 0 aliphatic carbocycles. The molecule has 8 heteroatoms. The Morgan fingerprint density at radius 3 is 2.47 bits per heavy atom. The molecular weight excluding hydrogens is 285 g/mol. The van der Waals surface area contributed by atoms with E-state index in [2.05, 4.69) is 9.68 Å². The van der Waals surface area contributed by atoms with Gasteiger partial charge in [0, 0.05) is 5.56 Å². The number of halogens is 4. The van der Waals surface area contributed by atoms with Gasteiger partial charge in [0.1, 0.15) is 5.75 Å².